The zero-order chi connectivity index (χ0) is 25.3. The molecule has 2 heterocycles. The fourth-order valence-corrected chi connectivity index (χ4v) is 4.01. The van der Waals surface area contributed by atoms with Crippen LogP contribution in [0.1, 0.15) is 68.9 Å². The second kappa shape index (κ2) is 9.85. The van der Waals surface area contributed by atoms with Crippen LogP contribution in [0.3, 0.4) is 0 Å². The first-order valence-corrected chi connectivity index (χ1v) is 12.0. The van der Waals surface area contributed by atoms with Gasteiger partial charge in [-0.15, -0.1) is 0 Å². The maximum atomic E-state index is 13.3. The maximum Gasteiger partial charge on any atom is 0.330 e. The highest BCUT2D eigenvalue weighted by molar-refractivity contribution is 6.12. The van der Waals surface area contributed by atoms with Gasteiger partial charge in [-0.2, -0.15) is 0 Å². The molecule has 1 aromatic carbocycles. The van der Waals surface area contributed by atoms with Crippen LogP contribution in [0.2, 0.25) is 0 Å². The second-order valence-electron chi connectivity index (χ2n) is 10.0. The van der Waals surface area contributed by atoms with E-state index in [1.165, 1.54) is 4.57 Å². The minimum absolute atomic E-state index is 0.0701. The van der Waals surface area contributed by atoms with Gasteiger partial charge in [-0.05, 0) is 55.0 Å². The van der Waals surface area contributed by atoms with Crippen molar-refractivity contribution in [2.24, 2.45) is 11.8 Å². The number of nitrogens with zero attached hydrogens (tertiary/aromatic N) is 2. The predicted molar refractivity (Wildman–Crippen MR) is 136 cm³/mol. The molecule has 3 N–H and O–H groups in total. The smallest absolute Gasteiger partial charge is 0.326 e. The molecule has 35 heavy (non-hydrogen) atoms. The van der Waals surface area contributed by atoms with Crippen LogP contribution in [-0.2, 0) is 11.3 Å². The molecule has 4 rings (SSSR count). The Morgan fingerprint density at radius 3 is 2.23 bits per heavy atom. The summed E-state index contributed by atoms with van der Waals surface area (Å²) in [6.45, 7) is 8.26. The summed E-state index contributed by atoms with van der Waals surface area (Å²) in [5, 5.41) is 5.77. The summed E-state index contributed by atoms with van der Waals surface area (Å²) < 4.78 is 1.44. The number of carbonyl (C=O) groups excluding carboxylic acids is 2. The molecule has 1 saturated carbocycles. The molecule has 0 unspecified atom stereocenters. The van der Waals surface area contributed by atoms with Crippen molar-refractivity contribution in [3.05, 3.63) is 62.4 Å². The normalized spacial score (nSPS) is 13.4. The van der Waals surface area contributed by atoms with Crippen LogP contribution in [0.25, 0.3) is 11.0 Å². The minimum Gasteiger partial charge on any atom is -0.326 e. The van der Waals surface area contributed by atoms with E-state index in [-0.39, 0.29) is 40.3 Å². The highest BCUT2D eigenvalue weighted by Gasteiger charge is 2.29. The zero-order valence-electron chi connectivity index (χ0n) is 20.5. The number of aromatic amines is 1. The molecule has 184 valence electrons. The second-order valence-corrected chi connectivity index (χ2v) is 10.0. The summed E-state index contributed by atoms with van der Waals surface area (Å²) in [7, 11) is 0. The summed E-state index contributed by atoms with van der Waals surface area (Å²) in [6.07, 6.45) is 2.34. The van der Waals surface area contributed by atoms with E-state index < -0.39 is 17.2 Å². The van der Waals surface area contributed by atoms with Crippen molar-refractivity contribution in [2.45, 2.75) is 59.4 Å². The first-order valence-electron chi connectivity index (χ1n) is 12.0. The Balaban J connectivity index is 1.67. The van der Waals surface area contributed by atoms with E-state index in [9.17, 15) is 19.2 Å². The number of H-pyrrole nitrogens is 1. The van der Waals surface area contributed by atoms with Crippen molar-refractivity contribution in [3.63, 3.8) is 0 Å². The van der Waals surface area contributed by atoms with Crippen molar-refractivity contribution in [1.82, 2.24) is 14.5 Å². The average molecular weight is 478 g/mol. The summed E-state index contributed by atoms with van der Waals surface area (Å²) >= 11 is 0. The number of hydrogen-bond donors (Lipinski definition) is 3. The zero-order valence-corrected chi connectivity index (χ0v) is 20.5. The van der Waals surface area contributed by atoms with Gasteiger partial charge in [-0.25, -0.2) is 9.78 Å². The van der Waals surface area contributed by atoms with Gasteiger partial charge in [0, 0.05) is 36.0 Å². The van der Waals surface area contributed by atoms with Gasteiger partial charge in [0.05, 0.1) is 10.9 Å². The Hall–Kier alpha value is -3.75. The van der Waals surface area contributed by atoms with Gasteiger partial charge in [-0.3, -0.25) is 23.9 Å². The molecule has 2 amide bonds. The number of rotatable bonds is 8. The largest absolute Gasteiger partial charge is 0.330 e. The number of pyridine rings is 1. The molecule has 0 bridgehead atoms. The van der Waals surface area contributed by atoms with Crippen molar-refractivity contribution in [3.8, 4) is 0 Å². The quantitative estimate of drug-likeness (QED) is 0.454. The van der Waals surface area contributed by atoms with Gasteiger partial charge in [0.1, 0.15) is 0 Å². The van der Waals surface area contributed by atoms with Gasteiger partial charge in [0.15, 0.2) is 5.65 Å². The molecule has 0 spiro atoms. The molecule has 0 atom stereocenters. The molecule has 9 heteroatoms. The highest BCUT2D eigenvalue weighted by atomic mass is 16.2. The van der Waals surface area contributed by atoms with E-state index in [4.69, 9.17) is 0 Å². The lowest BCUT2D eigenvalue weighted by Gasteiger charge is -2.15. The van der Waals surface area contributed by atoms with Crippen LogP contribution < -0.4 is 21.9 Å². The highest BCUT2D eigenvalue weighted by Crippen LogP contribution is 2.40. The predicted octanol–water partition coefficient (Wildman–Crippen LogP) is 3.86. The number of fused-ring (bicyclic) bond motifs is 1. The van der Waals surface area contributed by atoms with E-state index in [2.05, 4.69) is 20.6 Å². The number of amides is 2. The molecule has 0 saturated heterocycles. The summed E-state index contributed by atoms with van der Waals surface area (Å²) in [4.78, 5) is 57.7. The third-order valence-electron chi connectivity index (χ3n) is 5.78. The molecule has 9 nitrogen and oxygen atoms in total. The standard InChI is InChI=1S/C26H31N5O4/c1-14(2)11-21(32)27-17-7-9-18(10-8-17)28-24(33)19-12-20(16-5-6-16)29-23-22(19)25(34)30-26(35)31(23)13-15(3)4/h7-10,12,14-16H,5-6,11,13H2,1-4H3,(H,27,32)(H,28,33)(H,30,34,35). The Morgan fingerprint density at radius 1 is 1.03 bits per heavy atom. The summed E-state index contributed by atoms with van der Waals surface area (Å²) in [5.74, 6) is 0.0892. The lowest BCUT2D eigenvalue weighted by molar-refractivity contribution is -0.116. The van der Waals surface area contributed by atoms with Crippen LogP contribution in [-0.4, -0.2) is 26.3 Å². The van der Waals surface area contributed by atoms with E-state index in [0.29, 0.717) is 30.0 Å². The molecular formula is C26H31N5O4. The number of aromatic nitrogens is 3. The Morgan fingerprint density at radius 2 is 1.66 bits per heavy atom. The lowest BCUT2D eigenvalue weighted by atomic mass is 10.1. The fraction of sp³-hybridized carbons (Fsp3) is 0.423. The van der Waals surface area contributed by atoms with Gasteiger partial charge < -0.3 is 10.6 Å². The number of benzene rings is 1. The minimum atomic E-state index is -0.631. The van der Waals surface area contributed by atoms with E-state index in [1.54, 1.807) is 30.3 Å². The molecule has 0 radical (unpaired) electrons. The van der Waals surface area contributed by atoms with Crippen molar-refractivity contribution in [2.75, 3.05) is 10.6 Å². The van der Waals surface area contributed by atoms with Crippen LogP contribution in [0.4, 0.5) is 11.4 Å². The fourth-order valence-electron chi connectivity index (χ4n) is 4.01. The summed E-state index contributed by atoms with van der Waals surface area (Å²) in [5.41, 5.74) is 1.13. The monoisotopic (exact) mass is 477 g/mol. The number of carbonyl (C=O) groups is 2. The number of anilines is 2. The van der Waals surface area contributed by atoms with Gasteiger partial charge in [0.25, 0.3) is 11.5 Å². The van der Waals surface area contributed by atoms with Gasteiger partial charge in [0.2, 0.25) is 5.91 Å². The van der Waals surface area contributed by atoms with Crippen LogP contribution >= 0.6 is 0 Å². The molecule has 1 aliphatic rings. The lowest BCUT2D eigenvalue weighted by Crippen LogP contribution is -2.33. The molecule has 0 aliphatic heterocycles. The molecule has 3 aromatic rings. The van der Waals surface area contributed by atoms with E-state index in [1.807, 2.05) is 27.7 Å². The summed E-state index contributed by atoms with van der Waals surface area (Å²) in [6, 6.07) is 8.46. The average Bonchev–Trinajstić information content (AvgIpc) is 3.62. The number of nitrogens with one attached hydrogen (secondary N) is 3. The molecular weight excluding hydrogens is 446 g/mol. The Kier molecular flexibility index (Phi) is 6.86. The first-order chi connectivity index (χ1) is 16.6. The molecule has 1 aliphatic carbocycles. The number of hydrogen-bond acceptors (Lipinski definition) is 5. The Labute approximate surface area is 203 Å². The van der Waals surface area contributed by atoms with Crippen LogP contribution in [0.5, 0.6) is 0 Å². The van der Waals surface area contributed by atoms with Crippen LogP contribution in [0, 0.1) is 11.8 Å². The van der Waals surface area contributed by atoms with Crippen molar-refractivity contribution >= 4 is 34.2 Å². The van der Waals surface area contributed by atoms with Crippen molar-refractivity contribution in [1.29, 1.82) is 0 Å². The SMILES string of the molecule is CC(C)CC(=O)Nc1ccc(NC(=O)c2cc(C3CC3)nc3c2c(=O)[nH]c(=O)n3CC(C)C)cc1. The van der Waals surface area contributed by atoms with E-state index in [0.717, 1.165) is 12.8 Å². The molecule has 1 fully saturated rings. The van der Waals surface area contributed by atoms with Crippen molar-refractivity contribution < 1.29 is 9.59 Å². The first kappa shape index (κ1) is 24.4. The topological polar surface area (TPSA) is 126 Å². The van der Waals surface area contributed by atoms with E-state index >= 15 is 0 Å². The van der Waals surface area contributed by atoms with Gasteiger partial charge in [-0.1, -0.05) is 27.7 Å². The third-order valence-corrected chi connectivity index (χ3v) is 5.78. The van der Waals surface area contributed by atoms with Crippen LogP contribution in [0.15, 0.2) is 39.9 Å². The third kappa shape index (κ3) is 5.67. The molecule has 2 aromatic heterocycles. The maximum absolute atomic E-state index is 13.3. The Bertz CT molecular complexity index is 1380. The van der Waals surface area contributed by atoms with Gasteiger partial charge >= 0.3 is 5.69 Å².